The molecule has 2 aromatic rings. The molecular formula is C21H20ClN3O4. The molecular weight excluding hydrogens is 394 g/mol. The van der Waals surface area contributed by atoms with Crippen molar-refractivity contribution in [2.75, 3.05) is 19.1 Å². The Morgan fingerprint density at radius 3 is 2.34 bits per heavy atom. The maximum absolute atomic E-state index is 12.5. The van der Waals surface area contributed by atoms with Gasteiger partial charge in [0.15, 0.2) is 0 Å². The van der Waals surface area contributed by atoms with Crippen molar-refractivity contribution >= 4 is 29.2 Å². The number of methoxy groups -OCH3 is 2. The summed E-state index contributed by atoms with van der Waals surface area (Å²) in [5.41, 5.74) is 3.20. The van der Waals surface area contributed by atoms with Crippen LogP contribution in [-0.2, 0) is 19.1 Å². The van der Waals surface area contributed by atoms with Crippen LogP contribution in [-0.4, -0.2) is 35.9 Å². The minimum Gasteiger partial charge on any atom is -0.465 e. The third kappa shape index (κ3) is 3.95. The van der Waals surface area contributed by atoms with Crippen molar-refractivity contribution in [3.63, 3.8) is 0 Å². The molecule has 0 radical (unpaired) electrons. The third-order valence-corrected chi connectivity index (χ3v) is 4.64. The fourth-order valence-electron chi connectivity index (χ4n) is 3.06. The molecule has 0 bridgehead atoms. The standard InChI is InChI=1S/C21H20ClN3O4/c1-13-11-14(2)25(23-13)18-9-8-15(12-17(18)22)24-10-6-5-7-16(20(26)28-3)19(24)21(27)29-4/h5-12H,1-4H3. The van der Waals surface area contributed by atoms with Crippen molar-refractivity contribution in [1.82, 2.24) is 9.78 Å². The van der Waals surface area contributed by atoms with Crippen LogP contribution in [0.15, 0.2) is 60.0 Å². The lowest BCUT2D eigenvalue weighted by Gasteiger charge is -2.23. The number of hydrogen-bond donors (Lipinski definition) is 0. The molecule has 0 aliphatic carbocycles. The normalized spacial score (nSPS) is 13.5. The molecule has 1 aliphatic rings. The molecule has 29 heavy (non-hydrogen) atoms. The van der Waals surface area contributed by atoms with E-state index in [4.69, 9.17) is 21.1 Å². The number of carbonyl (C=O) groups excluding carboxylic acids is 2. The molecule has 0 unspecified atom stereocenters. The van der Waals surface area contributed by atoms with Gasteiger partial charge in [-0.05, 0) is 50.3 Å². The van der Waals surface area contributed by atoms with Gasteiger partial charge in [0.1, 0.15) is 5.70 Å². The van der Waals surface area contributed by atoms with E-state index in [1.807, 2.05) is 19.9 Å². The summed E-state index contributed by atoms with van der Waals surface area (Å²) in [6.45, 7) is 3.84. The van der Waals surface area contributed by atoms with Crippen LogP contribution < -0.4 is 4.90 Å². The summed E-state index contributed by atoms with van der Waals surface area (Å²) in [6, 6.07) is 7.23. The molecule has 3 rings (SSSR count). The second kappa shape index (κ2) is 8.36. The van der Waals surface area contributed by atoms with Gasteiger partial charge in [0.25, 0.3) is 0 Å². The van der Waals surface area contributed by atoms with Gasteiger partial charge in [-0.1, -0.05) is 17.7 Å². The van der Waals surface area contributed by atoms with Crippen LogP contribution in [0.5, 0.6) is 0 Å². The van der Waals surface area contributed by atoms with E-state index >= 15 is 0 Å². The Labute approximate surface area is 173 Å². The topological polar surface area (TPSA) is 73.7 Å². The Morgan fingerprint density at radius 2 is 1.76 bits per heavy atom. The maximum atomic E-state index is 12.5. The minimum absolute atomic E-state index is 0.0271. The van der Waals surface area contributed by atoms with Crippen LogP contribution in [0, 0.1) is 13.8 Å². The summed E-state index contributed by atoms with van der Waals surface area (Å²) in [5.74, 6) is -1.33. The van der Waals surface area contributed by atoms with Gasteiger partial charge >= 0.3 is 11.9 Å². The Bertz CT molecular complexity index is 1070. The van der Waals surface area contributed by atoms with E-state index in [0.29, 0.717) is 16.4 Å². The first-order valence-electron chi connectivity index (χ1n) is 8.75. The molecule has 8 heteroatoms. The van der Waals surface area contributed by atoms with Crippen molar-refractivity contribution in [2.45, 2.75) is 13.8 Å². The monoisotopic (exact) mass is 413 g/mol. The van der Waals surface area contributed by atoms with Gasteiger partial charge in [0, 0.05) is 17.6 Å². The van der Waals surface area contributed by atoms with Crippen molar-refractivity contribution in [3.8, 4) is 5.69 Å². The molecule has 0 saturated carbocycles. The molecule has 0 amide bonds. The molecule has 1 aromatic heterocycles. The predicted octanol–water partition coefficient (Wildman–Crippen LogP) is 3.63. The van der Waals surface area contributed by atoms with Crippen molar-refractivity contribution in [3.05, 3.63) is 76.4 Å². The van der Waals surface area contributed by atoms with Gasteiger partial charge in [-0.15, -0.1) is 0 Å². The molecule has 0 fully saturated rings. The van der Waals surface area contributed by atoms with E-state index in [1.165, 1.54) is 25.2 Å². The van der Waals surface area contributed by atoms with Crippen LogP contribution in [0.1, 0.15) is 11.4 Å². The summed E-state index contributed by atoms with van der Waals surface area (Å²) >= 11 is 6.54. The molecule has 1 aromatic carbocycles. The first kappa shape index (κ1) is 20.4. The van der Waals surface area contributed by atoms with Gasteiger partial charge in [-0.2, -0.15) is 5.10 Å². The van der Waals surface area contributed by atoms with Crippen molar-refractivity contribution < 1.29 is 19.1 Å². The van der Waals surface area contributed by atoms with E-state index in [9.17, 15) is 9.59 Å². The SMILES string of the molecule is COC(=O)C1=C(C(=O)OC)N(c2ccc(-n3nc(C)cc3C)c(Cl)c2)C=CC=C1. The van der Waals surface area contributed by atoms with Crippen LogP contribution in [0.4, 0.5) is 5.69 Å². The number of halogens is 1. The van der Waals surface area contributed by atoms with Crippen molar-refractivity contribution in [1.29, 1.82) is 0 Å². The molecule has 150 valence electrons. The molecule has 0 spiro atoms. The average Bonchev–Trinajstić information content (AvgIpc) is 2.91. The molecule has 2 heterocycles. The van der Waals surface area contributed by atoms with E-state index in [0.717, 1.165) is 11.4 Å². The van der Waals surface area contributed by atoms with Gasteiger partial charge in [-0.25, -0.2) is 14.3 Å². The predicted molar refractivity (Wildman–Crippen MR) is 110 cm³/mol. The van der Waals surface area contributed by atoms with E-state index in [-0.39, 0.29) is 11.3 Å². The Hall–Kier alpha value is -3.32. The minimum atomic E-state index is -0.680. The molecule has 0 atom stereocenters. The summed E-state index contributed by atoms with van der Waals surface area (Å²) in [5, 5.41) is 4.88. The zero-order chi connectivity index (χ0) is 21.1. The van der Waals surface area contributed by atoms with Gasteiger partial charge in [0.2, 0.25) is 0 Å². The van der Waals surface area contributed by atoms with Crippen molar-refractivity contribution in [2.24, 2.45) is 0 Å². The summed E-state index contributed by atoms with van der Waals surface area (Å²) in [4.78, 5) is 26.3. The van der Waals surface area contributed by atoms with E-state index in [2.05, 4.69) is 5.10 Å². The number of anilines is 1. The molecule has 1 aliphatic heterocycles. The lowest BCUT2D eigenvalue weighted by Crippen LogP contribution is -2.27. The Balaban J connectivity index is 2.12. The quantitative estimate of drug-likeness (QED) is 0.712. The number of allylic oxidation sites excluding steroid dienone is 2. The molecule has 0 saturated heterocycles. The molecule has 0 N–H and O–H groups in total. The Morgan fingerprint density at radius 1 is 1.03 bits per heavy atom. The van der Waals surface area contributed by atoms with Gasteiger partial charge < -0.3 is 14.4 Å². The third-order valence-electron chi connectivity index (χ3n) is 4.34. The number of carbonyl (C=O) groups is 2. The first-order chi connectivity index (χ1) is 13.9. The lowest BCUT2D eigenvalue weighted by atomic mass is 10.1. The number of aryl methyl sites for hydroxylation is 2. The number of ether oxygens (including phenoxy) is 2. The van der Waals surface area contributed by atoms with Gasteiger partial charge in [-0.3, -0.25) is 0 Å². The van der Waals surface area contributed by atoms with E-state index < -0.39 is 11.9 Å². The molecule has 7 nitrogen and oxygen atoms in total. The first-order valence-corrected chi connectivity index (χ1v) is 9.13. The number of rotatable bonds is 4. The second-order valence-electron chi connectivity index (χ2n) is 6.29. The highest BCUT2D eigenvalue weighted by Gasteiger charge is 2.27. The highest BCUT2D eigenvalue weighted by molar-refractivity contribution is 6.32. The Kier molecular flexibility index (Phi) is 5.89. The zero-order valence-electron chi connectivity index (χ0n) is 16.5. The number of benzene rings is 1. The highest BCUT2D eigenvalue weighted by Crippen LogP contribution is 2.31. The number of esters is 2. The van der Waals surface area contributed by atoms with Gasteiger partial charge in [0.05, 0.1) is 36.2 Å². The van der Waals surface area contributed by atoms with E-state index in [1.54, 1.807) is 41.2 Å². The number of hydrogen-bond acceptors (Lipinski definition) is 6. The summed E-state index contributed by atoms with van der Waals surface area (Å²) in [6.07, 6.45) is 6.48. The van der Waals surface area contributed by atoms with Crippen LogP contribution in [0.3, 0.4) is 0 Å². The number of nitrogens with zero attached hydrogens (tertiary/aromatic N) is 3. The van der Waals surface area contributed by atoms with Crippen LogP contribution in [0.2, 0.25) is 5.02 Å². The smallest absolute Gasteiger partial charge is 0.355 e. The average molecular weight is 414 g/mol. The van der Waals surface area contributed by atoms with Crippen LogP contribution in [0.25, 0.3) is 5.69 Å². The zero-order valence-corrected chi connectivity index (χ0v) is 17.2. The second-order valence-corrected chi connectivity index (χ2v) is 6.70. The lowest BCUT2D eigenvalue weighted by molar-refractivity contribution is -0.139. The number of aromatic nitrogens is 2. The summed E-state index contributed by atoms with van der Waals surface area (Å²) < 4.78 is 11.5. The fourth-order valence-corrected chi connectivity index (χ4v) is 3.31. The summed E-state index contributed by atoms with van der Waals surface area (Å²) in [7, 11) is 2.50. The maximum Gasteiger partial charge on any atom is 0.355 e. The largest absolute Gasteiger partial charge is 0.465 e. The highest BCUT2D eigenvalue weighted by atomic mass is 35.5. The van der Waals surface area contributed by atoms with Crippen LogP contribution >= 0.6 is 11.6 Å². The fraction of sp³-hybridized carbons (Fsp3) is 0.190.